The SMILES string of the molecule is O=C(NC[C@H](c1ccc(F)cc1)N1CCOCC1)c1ccc(Cl)cc1. The molecule has 0 spiro atoms. The van der Waals surface area contributed by atoms with E-state index < -0.39 is 0 Å². The summed E-state index contributed by atoms with van der Waals surface area (Å²) in [6.45, 7) is 3.30. The van der Waals surface area contributed by atoms with Crippen LogP contribution in [0.5, 0.6) is 0 Å². The lowest BCUT2D eigenvalue weighted by atomic mass is 10.0. The van der Waals surface area contributed by atoms with Gasteiger partial charge < -0.3 is 10.1 Å². The van der Waals surface area contributed by atoms with E-state index in [2.05, 4.69) is 10.2 Å². The summed E-state index contributed by atoms with van der Waals surface area (Å²) in [4.78, 5) is 14.6. The van der Waals surface area contributed by atoms with Gasteiger partial charge in [-0.15, -0.1) is 0 Å². The summed E-state index contributed by atoms with van der Waals surface area (Å²) in [6.07, 6.45) is 0. The van der Waals surface area contributed by atoms with Crippen LogP contribution < -0.4 is 5.32 Å². The van der Waals surface area contributed by atoms with Gasteiger partial charge in [-0.05, 0) is 42.0 Å². The summed E-state index contributed by atoms with van der Waals surface area (Å²) in [6, 6.07) is 13.2. The normalized spacial score (nSPS) is 16.4. The fraction of sp³-hybridized carbons (Fsp3) is 0.316. The van der Waals surface area contributed by atoms with E-state index in [9.17, 15) is 9.18 Å². The Labute approximate surface area is 151 Å². The van der Waals surface area contributed by atoms with Crippen LogP contribution in [0.3, 0.4) is 0 Å². The van der Waals surface area contributed by atoms with Crippen LogP contribution in [0.4, 0.5) is 4.39 Å². The number of nitrogens with zero attached hydrogens (tertiary/aromatic N) is 1. The van der Waals surface area contributed by atoms with Gasteiger partial charge in [-0.1, -0.05) is 23.7 Å². The molecule has 1 aliphatic rings. The number of carbonyl (C=O) groups is 1. The summed E-state index contributed by atoms with van der Waals surface area (Å²) in [5.41, 5.74) is 1.53. The summed E-state index contributed by atoms with van der Waals surface area (Å²) >= 11 is 5.86. The quantitative estimate of drug-likeness (QED) is 0.887. The molecule has 2 aromatic carbocycles. The van der Waals surface area contributed by atoms with E-state index >= 15 is 0 Å². The van der Waals surface area contributed by atoms with Gasteiger partial charge in [0.15, 0.2) is 0 Å². The van der Waals surface area contributed by atoms with Crippen molar-refractivity contribution in [3.63, 3.8) is 0 Å². The second-order valence-corrected chi connectivity index (χ2v) is 6.37. The van der Waals surface area contributed by atoms with Crippen LogP contribution in [0.1, 0.15) is 22.0 Å². The molecule has 4 nitrogen and oxygen atoms in total. The van der Waals surface area contributed by atoms with Crippen LogP contribution in [-0.2, 0) is 4.74 Å². The minimum Gasteiger partial charge on any atom is -0.379 e. The van der Waals surface area contributed by atoms with Gasteiger partial charge in [0.2, 0.25) is 0 Å². The first-order valence-electron chi connectivity index (χ1n) is 8.24. The Morgan fingerprint density at radius 2 is 1.76 bits per heavy atom. The number of benzene rings is 2. The Bertz CT molecular complexity index is 700. The standard InChI is InChI=1S/C19H20ClFN2O2/c20-16-5-1-15(2-6-16)19(24)22-13-18(23-9-11-25-12-10-23)14-3-7-17(21)8-4-14/h1-8,18H,9-13H2,(H,22,24)/t18-/m1/s1. The average Bonchev–Trinajstić information content (AvgIpc) is 2.64. The Balaban J connectivity index is 1.71. The maximum absolute atomic E-state index is 13.2. The van der Waals surface area contributed by atoms with E-state index in [0.717, 1.165) is 18.7 Å². The highest BCUT2D eigenvalue weighted by molar-refractivity contribution is 6.30. The molecule has 1 heterocycles. The van der Waals surface area contributed by atoms with Crippen molar-refractivity contribution in [3.8, 4) is 0 Å². The van der Waals surface area contributed by atoms with E-state index in [-0.39, 0.29) is 17.8 Å². The molecule has 0 saturated carbocycles. The highest BCUT2D eigenvalue weighted by Gasteiger charge is 2.23. The number of rotatable bonds is 5. The van der Waals surface area contributed by atoms with Crippen molar-refractivity contribution in [1.29, 1.82) is 0 Å². The number of amides is 1. The molecular weight excluding hydrogens is 343 g/mol. The smallest absolute Gasteiger partial charge is 0.251 e. The van der Waals surface area contributed by atoms with Crippen molar-refractivity contribution in [1.82, 2.24) is 10.2 Å². The molecule has 0 aliphatic carbocycles. The minimum atomic E-state index is -0.269. The van der Waals surface area contributed by atoms with Crippen molar-refractivity contribution < 1.29 is 13.9 Å². The molecule has 0 bridgehead atoms. The second kappa shape index (κ2) is 8.43. The first kappa shape index (κ1) is 17.9. The van der Waals surface area contributed by atoms with Crippen LogP contribution in [0.15, 0.2) is 48.5 Å². The first-order valence-corrected chi connectivity index (χ1v) is 8.62. The predicted molar refractivity (Wildman–Crippen MR) is 95.3 cm³/mol. The molecule has 0 radical (unpaired) electrons. The molecule has 0 unspecified atom stereocenters. The second-order valence-electron chi connectivity index (χ2n) is 5.93. The number of hydrogen-bond donors (Lipinski definition) is 1. The summed E-state index contributed by atoms with van der Waals surface area (Å²) < 4.78 is 18.7. The molecule has 6 heteroatoms. The van der Waals surface area contributed by atoms with Crippen molar-refractivity contribution in [3.05, 3.63) is 70.5 Å². The molecule has 1 atom stereocenters. The van der Waals surface area contributed by atoms with Gasteiger partial charge in [0.05, 0.1) is 19.3 Å². The zero-order chi connectivity index (χ0) is 17.6. The molecule has 2 aromatic rings. The van der Waals surface area contributed by atoms with Gasteiger partial charge in [-0.25, -0.2) is 4.39 Å². The Hall–Kier alpha value is -1.95. The predicted octanol–water partition coefficient (Wildman–Crippen LogP) is 3.28. The minimum absolute atomic E-state index is 0.0271. The fourth-order valence-electron chi connectivity index (χ4n) is 2.92. The largest absolute Gasteiger partial charge is 0.379 e. The molecule has 132 valence electrons. The van der Waals surface area contributed by atoms with Gasteiger partial charge >= 0.3 is 0 Å². The number of halogens is 2. The van der Waals surface area contributed by atoms with Gasteiger partial charge in [-0.3, -0.25) is 9.69 Å². The number of hydrogen-bond acceptors (Lipinski definition) is 3. The zero-order valence-electron chi connectivity index (χ0n) is 13.8. The van der Waals surface area contributed by atoms with Gasteiger partial charge in [0, 0.05) is 30.2 Å². The van der Waals surface area contributed by atoms with E-state index in [1.54, 1.807) is 36.4 Å². The lowest BCUT2D eigenvalue weighted by molar-refractivity contribution is 0.0162. The summed E-state index contributed by atoms with van der Waals surface area (Å²) in [5.74, 6) is -0.424. The third-order valence-corrected chi connectivity index (χ3v) is 4.56. The maximum atomic E-state index is 13.2. The van der Waals surface area contributed by atoms with Crippen molar-refractivity contribution in [2.75, 3.05) is 32.8 Å². The molecule has 3 rings (SSSR count). The van der Waals surface area contributed by atoms with Crippen LogP contribution >= 0.6 is 11.6 Å². The first-order chi connectivity index (χ1) is 12.1. The molecule has 1 amide bonds. The Kier molecular flexibility index (Phi) is 6.02. The summed E-state index contributed by atoms with van der Waals surface area (Å²) in [5, 5.41) is 3.56. The van der Waals surface area contributed by atoms with Crippen LogP contribution in [0.25, 0.3) is 0 Å². The van der Waals surface area contributed by atoms with E-state index in [0.29, 0.717) is 30.3 Å². The average molecular weight is 363 g/mol. The van der Waals surface area contributed by atoms with Gasteiger partial charge in [0.25, 0.3) is 5.91 Å². The van der Waals surface area contributed by atoms with Crippen LogP contribution in [-0.4, -0.2) is 43.7 Å². The Morgan fingerprint density at radius 3 is 2.40 bits per heavy atom. The summed E-state index contributed by atoms with van der Waals surface area (Å²) in [7, 11) is 0. The molecule has 1 aliphatic heterocycles. The molecule has 1 N–H and O–H groups in total. The van der Waals surface area contributed by atoms with Crippen LogP contribution in [0.2, 0.25) is 5.02 Å². The number of nitrogens with one attached hydrogen (secondary N) is 1. The fourth-order valence-corrected chi connectivity index (χ4v) is 3.05. The number of ether oxygens (including phenoxy) is 1. The molecule has 25 heavy (non-hydrogen) atoms. The van der Waals surface area contributed by atoms with E-state index in [1.807, 2.05) is 0 Å². The third kappa shape index (κ3) is 4.78. The lowest BCUT2D eigenvalue weighted by Crippen LogP contribution is -2.43. The number of morpholine rings is 1. The van der Waals surface area contributed by atoms with E-state index in [4.69, 9.17) is 16.3 Å². The van der Waals surface area contributed by atoms with Gasteiger partial charge in [0.1, 0.15) is 5.82 Å². The van der Waals surface area contributed by atoms with Gasteiger partial charge in [-0.2, -0.15) is 0 Å². The number of carbonyl (C=O) groups excluding carboxylic acids is 1. The van der Waals surface area contributed by atoms with Crippen LogP contribution in [0, 0.1) is 5.82 Å². The lowest BCUT2D eigenvalue weighted by Gasteiger charge is -2.35. The maximum Gasteiger partial charge on any atom is 0.251 e. The molecule has 0 aromatic heterocycles. The molecule has 1 saturated heterocycles. The Morgan fingerprint density at radius 1 is 1.12 bits per heavy atom. The van der Waals surface area contributed by atoms with E-state index in [1.165, 1.54) is 12.1 Å². The zero-order valence-corrected chi connectivity index (χ0v) is 14.5. The third-order valence-electron chi connectivity index (χ3n) is 4.30. The van der Waals surface area contributed by atoms with Crippen molar-refractivity contribution >= 4 is 17.5 Å². The highest BCUT2D eigenvalue weighted by atomic mass is 35.5. The highest BCUT2D eigenvalue weighted by Crippen LogP contribution is 2.22. The monoisotopic (exact) mass is 362 g/mol. The van der Waals surface area contributed by atoms with Crippen molar-refractivity contribution in [2.24, 2.45) is 0 Å². The molecular formula is C19H20ClFN2O2. The van der Waals surface area contributed by atoms with Crippen molar-refractivity contribution in [2.45, 2.75) is 6.04 Å². The molecule has 1 fully saturated rings. The topological polar surface area (TPSA) is 41.6 Å².